The molecule has 0 spiro atoms. The molecule has 7 nitrogen and oxygen atoms in total. The van der Waals surface area contributed by atoms with Gasteiger partial charge in [0.05, 0.1) is 23.7 Å². The van der Waals surface area contributed by atoms with Crippen LogP contribution in [0, 0.1) is 0 Å². The minimum atomic E-state index is -3.53. The molecule has 2 aromatic carbocycles. The van der Waals surface area contributed by atoms with Gasteiger partial charge in [-0.15, -0.1) is 0 Å². The molecule has 1 atom stereocenters. The first kappa shape index (κ1) is 23.9. The number of nitrogens with zero attached hydrogens (tertiary/aromatic N) is 2. The van der Waals surface area contributed by atoms with Gasteiger partial charge in [0, 0.05) is 23.4 Å². The van der Waals surface area contributed by atoms with Crippen LogP contribution in [0.4, 0.5) is 0 Å². The number of hydrogen-bond acceptors (Lipinski definition) is 4. The molecule has 1 aliphatic carbocycles. The number of rotatable bonds is 8. The first-order valence-electron chi connectivity index (χ1n) is 11.5. The maximum atomic E-state index is 12.6. The van der Waals surface area contributed by atoms with Crippen LogP contribution < -0.4 is 10.0 Å². The predicted molar refractivity (Wildman–Crippen MR) is 133 cm³/mol. The zero-order chi connectivity index (χ0) is 24.1. The maximum absolute atomic E-state index is 12.6. The van der Waals surface area contributed by atoms with E-state index in [4.69, 9.17) is 0 Å². The highest BCUT2D eigenvalue weighted by molar-refractivity contribution is 7.89. The van der Waals surface area contributed by atoms with Crippen LogP contribution in [0.1, 0.15) is 55.1 Å². The lowest BCUT2D eigenvalue weighted by molar-refractivity contribution is -0.117. The third-order valence-corrected chi connectivity index (χ3v) is 7.44. The molecular weight excluding hydrogens is 448 g/mol. The van der Waals surface area contributed by atoms with Crippen molar-refractivity contribution < 1.29 is 13.2 Å². The molecule has 0 bridgehead atoms. The van der Waals surface area contributed by atoms with E-state index in [1.807, 2.05) is 29.1 Å². The lowest BCUT2D eigenvalue weighted by Gasteiger charge is -2.23. The first-order chi connectivity index (χ1) is 16.3. The van der Waals surface area contributed by atoms with Crippen LogP contribution >= 0.6 is 0 Å². The summed E-state index contributed by atoms with van der Waals surface area (Å²) in [5.74, 6) is -0.188. The number of hydrogen-bond donors (Lipinski definition) is 2. The van der Waals surface area contributed by atoms with E-state index in [0.29, 0.717) is 0 Å². The first-order valence-corrected chi connectivity index (χ1v) is 13.0. The van der Waals surface area contributed by atoms with E-state index >= 15 is 0 Å². The number of carbonyl (C=O) groups is 1. The van der Waals surface area contributed by atoms with E-state index < -0.39 is 10.0 Å². The fraction of sp³-hybridized carbons (Fsp3) is 0.308. The molecule has 4 rings (SSSR count). The van der Waals surface area contributed by atoms with Gasteiger partial charge in [-0.05, 0) is 62.4 Å². The van der Waals surface area contributed by atoms with Crippen molar-refractivity contribution in [2.75, 3.05) is 0 Å². The van der Waals surface area contributed by atoms with Gasteiger partial charge >= 0.3 is 0 Å². The number of carbonyl (C=O) groups excluding carboxylic acids is 1. The maximum Gasteiger partial charge on any atom is 0.244 e. The Kier molecular flexibility index (Phi) is 7.29. The largest absolute Gasteiger partial charge is 0.346 e. The van der Waals surface area contributed by atoms with Gasteiger partial charge in [0.25, 0.3) is 0 Å². The smallest absolute Gasteiger partial charge is 0.244 e. The monoisotopic (exact) mass is 478 g/mol. The molecule has 0 saturated heterocycles. The average Bonchev–Trinajstić information content (AvgIpc) is 3.22. The Balaban J connectivity index is 1.39. The molecule has 3 aromatic rings. The van der Waals surface area contributed by atoms with Gasteiger partial charge in [-0.2, -0.15) is 5.10 Å². The quantitative estimate of drug-likeness (QED) is 0.481. The van der Waals surface area contributed by atoms with Crippen LogP contribution in [-0.4, -0.2) is 30.1 Å². The van der Waals surface area contributed by atoms with Crippen LogP contribution in [0.5, 0.6) is 0 Å². The summed E-state index contributed by atoms with van der Waals surface area (Å²) in [7, 11) is -3.53. The van der Waals surface area contributed by atoms with E-state index in [9.17, 15) is 13.2 Å². The number of nitrogens with one attached hydrogen (secondary N) is 2. The molecule has 1 aliphatic rings. The van der Waals surface area contributed by atoms with Gasteiger partial charge in [-0.1, -0.05) is 42.5 Å². The second kappa shape index (κ2) is 10.4. The van der Waals surface area contributed by atoms with Gasteiger partial charge in [0.15, 0.2) is 0 Å². The van der Waals surface area contributed by atoms with Crippen LogP contribution in [0.25, 0.3) is 6.08 Å². The van der Waals surface area contributed by atoms with Crippen LogP contribution in [0.15, 0.2) is 71.8 Å². The van der Waals surface area contributed by atoms with Crippen molar-refractivity contribution >= 4 is 22.0 Å². The van der Waals surface area contributed by atoms with Crippen molar-refractivity contribution in [2.45, 2.75) is 56.6 Å². The van der Waals surface area contributed by atoms with Crippen LogP contribution in [0.2, 0.25) is 0 Å². The predicted octanol–water partition coefficient (Wildman–Crippen LogP) is 3.83. The number of fused-ring (bicyclic) bond motifs is 1. The highest BCUT2D eigenvalue weighted by Crippen LogP contribution is 2.30. The summed E-state index contributed by atoms with van der Waals surface area (Å²) < 4.78 is 29.1. The molecule has 0 fully saturated rings. The molecule has 1 heterocycles. The van der Waals surface area contributed by atoms with Gasteiger partial charge < -0.3 is 5.32 Å². The second-order valence-corrected chi connectivity index (χ2v) is 10.5. The van der Waals surface area contributed by atoms with Crippen molar-refractivity contribution in [3.8, 4) is 0 Å². The van der Waals surface area contributed by atoms with Crippen LogP contribution in [-0.2, 0) is 27.8 Å². The number of sulfonamides is 1. The summed E-state index contributed by atoms with van der Waals surface area (Å²) in [5, 5.41) is 7.68. The van der Waals surface area contributed by atoms with Gasteiger partial charge in [0.2, 0.25) is 15.9 Å². The Morgan fingerprint density at radius 3 is 2.59 bits per heavy atom. The molecule has 178 valence electrons. The van der Waals surface area contributed by atoms with Crippen molar-refractivity contribution in [3.05, 3.63) is 89.3 Å². The van der Waals surface area contributed by atoms with E-state index in [0.717, 1.165) is 36.9 Å². The Bertz CT molecular complexity index is 1260. The lowest BCUT2D eigenvalue weighted by atomic mass is 9.93. The SMILES string of the molecule is CC(C)NS(=O)(=O)c1ccc(/C=C/C(=O)NC2CCCc3c2cnn3Cc2ccccc2)cc1. The van der Waals surface area contributed by atoms with Crippen molar-refractivity contribution in [1.82, 2.24) is 19.8 Å². The molecular formula is C26H30N4O3S. The van der Waals surface area contributed by atoms with Gasteiger partial charge in [0.1, 0.15) is 0 Å². The lowest BCUT2D eigenvalue weighted by Crippen LogP contribution is -2.30. The highest BCUT2D eigenvalue weighted by Gasteiger charge is 2.25. The Morgan fingerprint density at radius 2 is 1.88 bits per heavy atom. The summed E-state index contributed by atoms with van der Waals surface area (Å²) in [6, 6.07) is 16.4. The Labute approximate surface area is 200 Å². The number of benzene rings is 2. The summed E-state index contributed by atoms with van der Waals surface area (Å²) in [4.78, 5) is 12.8. The summed E-state index contributed by atoms with van der Waals surface area (Å²) in [6.07, 6.45) is 7.85. The Hall–Kier alpha value is -3.23. The van der Waals surface area contributed by atoms with E-state index in [1.165, 1.54) is 29.5 Å². The normalized spacial score (nSPS) is 16.0. The highest BCUT2D eigenvalue weighted by atomic mass is 32.2. The topological polar surface area (TPSA) is 93.1 Å². The van der Waals surface area contributed by atoms with Crippen molar-refractivity contribution in [1.29, 1.82) is 0 Å². The third kappa shape index (κ3) is 5.81. The standard InChI is InChI=1S/C26H30N4O3S/c1-19(2)29-34(32,33)22-14-11-20(12-15-22)13-16-26(31)28-24-9-6-10-25-23(24)17-27-30(25)18-21-7-4-3-5-8-21/h3-5,7-8,11-17,19,24,29H,6,9-10,18H2,1-2H3,(H,28,31)/b16-13+. The molecule has 34 heavy (non-hydrogen) atoms. The molecule has 1 aromatic heterocycles. The molecule has 0 aliphatic heterocycles. The zero-order valence-electron chi connectivity index (χ0n) is 19.4. The van der Waals surface area contributed by atoms with Crippen LogP contribution in [0.3, 0.4) is 0 Å². The van der Waals surface area contributed by atoms with Gasteiger partial charge in [-0.3, -0.25) is 9.48 Å². The third-order valence-electron chi connectivity index (χ3n) is 5.76. The summed E-state index contributed by atoms with van der Waals surface area (Å²) in [5.41, 5.74) is 4.20. The average molecular weight is 479 g/mol. The van der Waals surface area contributed by atoms with Gasteiger partial charge in [-0.25, -0.2) is 13.1 Å². The van der Waals surface area contributed by atoms with E-state index in [2.05, 4.69) is 27.3 Å². The molecule has 8 heteroatoms. The number of aromatic nitrogens is 2. The molecule has 1 unspecified atom stereocenters. The molecule has 1 amide bonds. The zero-order valence-corrected chi connectivity index (χ0v) is 20.3. The minimum absolute atomic E-state index is 0.0694. The summed E-state index contributed by atoms with van der Waals surface area (Å²) in [6.45, 7) is 4.27. The summed E-state index contributed by atoms with van der Waals surface area (Å²) >= 11 is 0. The Morgan fingerprint density at radius 1 is 1.15 bits per heavy atom. The minimum Gasteiger partial charge on any atom is -0.346 e. The fourth-order valence-corrected chi connectivity index (χ4v) is 5.44. The van der Waals surface area contributed by atoms with Crippen molar-refractivity contribution in [3.63, 3.8) is 0 Å². The fourth-order valence-electron chi connectivity index (χ4n) is 4.19. The van der Waals surface area contributed by atoms with E-state index in [1.54, 1.807) is 32.1 Å². The molecule has 2 N–H and O–H groups in total. The molecule has 0 saturated carbocycles. The number of amides is 1. The van der Waals surface area contributed by atoms with E-state index in [-0.39, 0.29) is 22.9 Å². The van der Waals surface area contributed by atoms with Crippen molar-refractivity contribution in [2.24, 2.45) is 0 Å². The molecule has 0 radical (unpaired) electrons. The second-order valence-electron chi connectivity index (χ2n) is 8.82.